The Kier molecular flexibility index (Phi) is 4.83. The van der Waals surface area contributed by atoms with E-state index in [0.29, 0.717) is 5.92 Å². The summed E-state index contributed by atoms with van der Waals surface area (Å²) in [4.78, 5) is 0. The number of rotatable bonds is 6. The summed E-state index contributed by atoms with van der Waals surface area (Å²) < 4.78 is 1.88. The van der Waals surface area contributed by atoms with E-state index >= 15 is 0 Å². The minimum absolute atomic E-state index is 0.525. The van der Waals surface area contributed by atoms with Crippen LogP contribution < -0.4 is 5.73 Å². The van der Waals surface area contributed by atoms with Gasteiger partial charge in [0.1, 0.15) is 5.82 Å². The Hall–Kier alpha value is -1.77. The summed E-state index contributed by atoms with van der Waals surface area (Å²) in [5, 5.41) is 4.81. The standard InChI is InChI=1S/C17H25N3/c1-4-9-14(10-5-2)16-13(3)17(18)20(19-16)15-11-7-6-8-12-15/h6-8,11-12,14H,4-5,9-10,18H2,1-3H3. The number of aromatic nitrogens is 2. The largest absolute Gasteiger partial charge is 0.383 e. The second-order valence-corrected chi connectivity index (χ2v) is 5.42. The lowest BCUT2D eigenvalue weighted by molar-refractivity contribution is 0.541. The zero-order valence-corrected chi connectivity index (χ0v) is 12.8. The van der Waals surface area contributed by atoms with Gasteiger partial charge in [-0.05, 0) is 31.9 Å². The maximum absolute atomic E-state index is 6.27. The van der Waals surface area contributed by atoms with E-state index in [1.165, 1.54) is 31.4 Å². The molecule has 0 unspecified atom stereocenters. The Labute approximate surface area is 121 Å². The molecule has 0 amide bonds. The van der Waals surface area contributed by atoms with Gasteiger partial charge in [0.15, 0.2) is 0 Å². The van der Waals surface area contributed by atoms with Gasteiger partial charge in [-0.25, -0.2) is 4.68 Å². The minimum Gasteiger partial charge on any atom is -0.383 e. The van der Waals surface area contributed by atoms with E-state index in [1.807, 2.05) is 35.0 Å². The molecule has 1 heterocycles. The van der Waals surface area contributed by atoms with Crippen LogP contribution >= 0.6 is 0 Å². The molecule has 0 aliphatic rings. The van der Waals surface area contributed by atoms with Crippen LogP contribution in [0.15, 0.2) is 30.3 Å². The summed E-state index contributed by atoms with van der Waals surface area (Å²) in [5.74, 6) is 1.29. The Morgan fingerprint density at radius 1 is 1.10 bits per heavy atom. The van der Waals surface area contributed by atoms with Gasteiger partial charge in [0.2, 0.25) is 0 Å². The molecular weight excluding hydrogens is 246 g/mol. The van der Waals surface area contributed by atoms with Crippen molar-refractivity contribution < 1.29 is 0 Å². The molecule has 0 atom stereocenters. The van der Waals surface area contributed by atoms with Gasteiger partial charge in [0, 0.05) is 11.5 Å². The first-order valence-electron chi connectivity index (χ1n) is 7.59. The van der Waals surface area contributed by atoms with Crippen molar-refractivity contribution in [2.45, 2.75) is 52.4 Å². The van der Waals surface area contributed by atoms with E-state index in [1.54, 1.807) is 0 Å². The van der Waals surface area contributed by atoms with E-state index in [-0.39, 0.29) is 0 Å². The average Bonchev–Trinajstić information content (AvgIpc) is 2.76. The number of hydrogen-bond donors (Lipinski definition) is 1. The van der Waals surface area contributed by atoms with Gasteiger partial charge >= 0.3 is 0 Å². The molecule has 0 saturated heterocycles. The summed E-state index contributed by atoms with van der Waals surface area (Å²) in [6.07, 6.45) is 4.73. The van der Waals surface area contributed by atoms with Gasteiger partial charge in [-0.3, -0.25) is 0 Å². The molecule has 1 aromatic heterocycles. The molecule has 2 aromatic rings. The van der Waals surface area contributed by atoms with Crippen LogP contribution in [0, 0.1) is 6.92 Å². The Balaban J connectivity index is 2.41. The second-order valence-electron chi connectivity index (χ2n) is 5.42. The fourth-order valence-electron chi connectivity index (χ4n) is 2.80. The van der Waals surface area contributed by atoms with Gasteiger partial charge in [0.25, 0.3) is 0 Å². The molecule has 0 radical (unpaired) electrons. The highest BCUT2D eigenvalue weighted by atomic mass is 15.3. The topological polar surface area (TPSA) is 43.8 Å². The lowest BCUT2D eigenvalue weighted by Crippen LogP contribution is -2.03. The number of benzene rings is 1. The summed E-state index contributed by atoms with van der Waals surface area (Å²) in [7, 11) is 0. The third-order valence-electron chi connectivity index (χ3n) is 3.87. The molecule has 0 saturated carbocycles. The zero-order chi connectivity index (χ0) is 14.5. The molecule has 0 spiro atoms. The van der Waals surface area contributed by atoms with E-state index in [9.17, 15) is 0 Å². The zero-order valence-electron chi connectivity index (χ0n) is 12.8. The summed E-state index contributed by atoms with van der Waals surface area (Å²) in [6.45, 7) is 6.56. The van der Waals surface area contributed by atoms with Crippen molar-refractivity contribution in [1.29, 1.82) is 0 Å². The van der Waals surface area contributed by atoms with E-state index in [0.717, 1.165) is 17.1 Å². The maximum Gasteiger partial charge on any atom is 0.130 e. The lowest BCUT2D eigenvalue weighted by Gasteiger charge is -2.13. The summed E-state index contributed by atoms with van der Waals surface area (Å²) >= 11 is 0. The Morgan fingerprint density at radius 2 is 1.70 bits per heavy atom. The molecule has 20 heavy (non-hydrogen) atoms. The molecular formula is C17H25N3. The quantitative estimate of drug-likeness (QED) is 0.843. The molecule has 2 rings (SSSR count). The van der Waals surface area contributed by atoms with Crippen molar-refractivity contribution in [3.05, 3.63) is 41.6 Å². The van der Waals surface area contributed by atoms with Crippen LogP contribution in [-0.4, -0.2) is 9.78 Å². The Bertz CT molecular complexity index is 537. The van der Waals surface area contributed by atoms with Gasteiger partial charge in [-0.1, -0.05) is 44.9 Å². The van der Waals surface area contributed by atoms with E-state index in [4.69, 9.17) is 10.8 Å². The van der Waals surface area contributed by atoms with E-state index < -0.39 is 0 Å². The summed E-state index contributed by atoms with van der Waals surface area (Å²) in [5.41, 5.74) is 9.61. The fourth-order valence-corrected chi connectivity index (χ4v) is 2.80. The van der Waals surface area contributed by atoms with E-state index in [2.05, 4.69) is 20.8 Å². The molecule has 3 nitrogen and oxygen atoms in total. The van der Waals surface area contributed by atoms with Crippen LogP contribution in [0.4, 0.5) is 5.82 Å². The van der Waals surface area contributed by atoms with Gasteiger partial charge in [-0.2, -0.15) is 5.10 Å². The third-order valence-corrected chi connectivity index (χ3v) is 3.87. The molecule has 1 aromatic carbocycles. The number of nitrogen functional groups attached to an aromatic ring is 1. The van der Waals surface area contributed by atoms with Crippen LogP contribution in [0.2, 0.25) is 0 Å². The third kappa shape index (κ3) is 2.87. The first kappa shape index (κ1) is 14.6. The van der Waals surface area contributed by atoms with Crippen LogP contribution in [0.1, 0.15) is 56.7 Å². The van der Waals surface area contributed by atoms with Gasteiger partial charge in [0.05, 0.1) is 11.4 Å². The highest BCUT2D eigenvalue weighted by molar-refractivity contribution is 5.50. The van der Waals surface area contributed by atoms with Crippen LogP contribution in [-0.2, 0) is 0 Å². The average molecular weight is 271 g/mol. The van der Waals surface area contributed by atoms with Crippen LogP contribution in [0.3, 0.4) is 0 Å². The number of nitrogens with two attached hydrogens (primary N) is 1. The van der Waals surface area contributed by atoms with Crippen LogP contribution in [0.25, 0.3) is 5.69 Å². The van der Waals surface area contributed by atoms with Gasteiger partial charge in [-0.15, -0.1) is 0 Å². The van der Waals surface area contributed by atoms with Crippen molar-refractivity contribution in [1.82, 2.24) is 9.78 Å². The first-order valence-corrected chi connectivity index (χ1v) is 7.59. The van der Waals surface area contributed by atoms with Crippen molar-refractivity contribution in [2.24, 2.45) is 0 Å². The predicted molar refractivity (Wildman–Crippen MR) is 85.3 cm³/mol. The number of nitrogens with zero attached hydrogens (tertiary/aromatic N) is 2. The molecule has 0 bridgehead atoms. The molecule has 108 valence electrons. The SMILES string of the molecule is CCCC(CCC)c1nn(-c2ccccc2)c(N)c1C. The minimum atomic E-state index is 0.525. The normalized spacial score (nSPS) is 11.2. The Morgan fingerprint density at radius 3 is 2.25 bits per heavy atom. The lowest BCUT2D eigenvalue weighted by atomic mass is 9.93. The van der Waals surface area contributed by atoms with Crippen molar-refractivity contribution in [3.8, 4) is 5.69 Å². The van der Waals surface area contributed by atoms with Crippen molar-refractivity contribution in [3.63, 3.8) is 0 Å². The van der Waals surface area contributed by atoms with Crippen molar-refractivity contribution in [2.75, 3.05) is 5.73 Å². The van der Waals surface area contributed by atoms with Crippen LogP contribution in [0.5, 0.6) is 0 Å². The maximum atomic E-state index is 6.27. The summed E-state index contributed by atoms with van der Waals surface area (Å²) in [6, 6.07) is 10.1. The second kappa shape index (κ2) is 6.60. The number of anilines is 1. The first-order chi connectivity index (χ1) is 9.69. The monoisotopic (exact) mass is 271 g/mol. The number of hydrogen-bond acceptors (Lipinski definition) is 2. The molecule has 2 N–H and O–H groups in total. The fraction of sp³-hybridized carbons (Fsp3) is 0.471. The molecule has 0 fully saturated rings. The number of para-hydroxylation sites is 1. The van der Waals surface area contributed by atoms with Gasteiger partial charge < -0.3 is 5.73 Å². The highest BCUT2D eigenvalue weighted by Crippen LogP contribution is 2.31. The molecule has 0 aliphatic heterocycles. The molecule has 3 heteroatoms. The highest BCUT2D eigenvalue weighted by Gasteiger charge is 2.20. The predicted octanol–water partition coefficient (Wildman–Crippen LogP) is 4.45. The molecule has 0 aliphatic carbocycles. The van der Waals surface area contributed by atoms with Crippen molar-refractivity contribution >= 4 is 5.82 Å². The smallest absolute Gasteiger partial charge is 0.130 e.